The van der Waals surface area contributed by atoms with E-state index in [0.29, 0.717) is 0 Å². The SMILES string of the molecule is CC[C@H]1c2cc(-c3c(F)cccc3F)nnc2[C@](C)(c2cccc(-c3ccn[nH]3)n2)C1(C)C. The maximum atomic E-state index is 14.5. The zero-order valence-electron chi connectivity index (χ0n) is 19.0. The van der Waals surface area contributed by atoms with Crippen LogP contribution in [0, 0.1) is 17.0 Å². The molecule has 1 aliphatic carbocycles. The molecule has 3 heterocycles. The molecule has 0 aliphatic heterocycles. The van der Waals surface area contributed by atoms with Gasteiger partial charge < -0.3 is 0 Å². The number of aromatic amines is 1. The van der Waals surface area contributed by atoms with Gasteiger partial charge in [-0.15, -0.1) is 5.10 Å². The van der Waals surface area contributed by atoms with Crippen LogP contribution in [-0.4, -0.2) is 25.4 Å². The summed E-state index contributed by atoms with van der Waals surface area (Å²) in [6, 6.07) is 13.5. The summed E-state index contributed by atoms with van der Waals surface area (Å²) in [7, 11) is 0. The van der Waals surface area contributed by atoms with Crippen LogP contribution in [0.5, 0.6) is 0 Å². The van der Waals surface area contributed by atoms with Crippen LogP contribution in [0.3, 0.4) is 0 Å². The number of fused-ring (bicyclic) bond motifs is 1. The first-order valence-electron chi connectivity index (χ1n) is 11.1. The molecule has 1 aromatic carbocycles. The molecular weight excluding hydrogens is 420 g/mol. The van der Waals surface area contributed by atoms with E-state index < -0.39 is 17.0 Å². The fraction of sp³-hybridized carbons (Fsp3) is 0.308. The van der Waals surface area contributed by atoms with Crippen LogP contribution < -0.4 is 0 Å². The highest BCUT2D eigenvalue weighted by atomic mass is 19.1. The van der Waals surface area contributed by atoms with Gasteiger partial charge in [-0.3, -0.25) is 10.1 Å². The molecule has 0 amide bonds. The Hall–Kier alpha value is -3.48. The molecule has 0 bridgehead atoms. The maximum Gasteiger partial charge on any atom is 0.135 e. The van der Waals surface area contributed by atoms with Crippen molar-refractivity contribution in [3.05, 3.63) is 83.3 Å². The maximum absolute atomic E-state index is 14.5. The molecule has 168 valence electrons. The lowest BCUT2D eigenvalue weighted by Crippen LogP contribution is -2.39. The molecule has 1 N–H and O–H groups in total. The summed E-state index contributed by atoms with van der Waals surface area (Å²) in [5.74, 6) is -1.18. The molecule has 0 radical (unpaired) electrons. The first-order chi connectivity index (χ1) is 15.8. The Balaban J connectivity index is 1.71. The number of nitrogens with one attached hydrogen (secondary N) is 1. The minimum atomic E-state index is -0.647. The number of hydrogen-bond donors (Lipinski definition) is 1. The fourth-order valence-corrected chi connectivity index (χ4v) is 5.41. The van der Waals surface area contributed by atoms with E-state index in [1.807, 2.05) is 30.3 Å². The lowest BCUT2D eigenvalue weighted by molar-refractivity contribution is 0.189. The molecule has 0 spiro atoms. The minimum absolute atomic E-state index is 0.110. The number of hydrogen-bond acceptors (Lipinski definition) is 4. The van der Waals surface area contributed by atoms with Crippen molar-refractivity contribution in [3.8, 4) is 22.6 Å². The first-order valence-corrected chi connectivity index (χ1v) is 11.1. The zero-order valence-corrected chi connectivity index (χ0v) is 19.0. The third-order valence-corrected chi connectivity index (χ3v) is 7.50. The second kappa shape index (κ2) is 7.54. The Morgan fingerprint density at radius 1 is 0.939 bits per heavy atom. The van der Waals surface area contributed by atoms with Crippen LogP contribution in [0.15, 0.2) is 54.7 Å². The average Bonchev–Trinajstić information content (AvgIpc) is 3.39. The van der Waals surface area contributed by atoms with Crippen LogP contribution >= 0.6 is 0 Å². The summed E-state index contributed by atoms with van der Waals surface area (Å²) in [6.07, 6.45) is 2.54. The molecule has 0 unspecified atom stereocenters. The van der Waals surface area contributed by atoms with E-state index in [4.69, 9.17) is 4.98 Å². The summed E-state index contributed by atoms with van der Waals surface area (Å²) in [6.45, 7) is 8.67. The van der Waals surface area contributed by atoms with Gasteiger partial charge >= 0.3 is 0 Å². The molecule has 7 heteroatoms. The molecular formula is C26H25F2N5. The Morgan fingerprint density at radius 3 is 2.33 bits per heavy atom. The molecule has 2 atom stereocenters. The average molecular weight is 446 g/mol. The quantitative estimate of drug-likeness (QED) is 0.415. The Bertz CT molecular complexity index is 1310. The largest absolute Gasteiger partial charge is 0.276 e. The summed E-state index contributed by atoms with van der Waals surface area (Å²) in [5, 5.41) is 15.9. The van der Waals surface area contributed by atoms with Gasteiger partial charge in [0.15, 0.2) is 0 Å². The van der Waals surface area contributed by atoms with Gasteiger partial charge in [0.25, 0.3) is 0 Å². The predicted octanol–water partition coefficient (Wildman–Crippen LogP) is 6.05. The van der Waals surface area contributed by atoms with E-state index >= 15 is 0 Å². The highest BCUT2D eigenvalue weighted by Crippen LogP contribution is 2.61. The number of halogens is 2. The van der Waals surface area contributed by atoms with Crippen LogP contribution in [0.1, 0.15) is 57.0 Å². The van der Waals surface area contributed by atoms with Crippen molar-refractivity contribution in [1.82, 2.24) is 25.4 Å². The van der Waals surface area contributed by atoms with E-state index in [1.54, 1.807) is 6.20 Å². The molecule has 0 saturated carbocycles. The summed E-state index contributed by atoms with van der Waals surface area (Å²) < 4.78 is 29.0. The van der Waals surface area contributed by atoms with E-state index in [1.165, 1.54) is 18.2 Å². The third-order valence-electron chi connectivity index (χ3n) is 7.50. The van der Waals surface area contributed by atoms with Gasteiger partial charge in [0.2, 0.25) is 0 Å². The van der Waals surface area contributed by atoms with Gasteiger partial charge in [-0.25, -0.2) is 8.78 Å². The second-order valence-electron chi connectivity index (χ2n) is 9.32. The molecule has 33 heavy (non-hydrogen) atoms. The third kappa shape index (κ3) is 3.02. The minimum Gasteiger partial charge on any atom is -0.276 e. The van der Waals surface area contributed by atoms with Gasteiger partial charge in [0.05, 0.1) is 39.4 Å². The van der Waals surface area contributed by atoms with Gasteiger partial charge in [-0.1, -0.05) is 32.9 Å². The Kier molecular flexibility index (Phi) is 4.88. The summed E-state index contributed by atoms with van der Waals surface area (Å²) in [5.41, 5.74) is 3.50. The highest BCUT2D eigenvalue weighted by molar-refractivity contribution is 5.63. The first kappa shape index (κ1) is 21.4. The molecule has 1 aliphatic rings. The van der Waals surface area contributed by atoms with Crippen molar-refractivity contribution in [2.45, 2.75) is 45.4 Å². The van der Waals surface area contributed by atoms with Crippen molar-refractivity contribution >= 4 is 0 Å². The number of pyridine rings is 1. The normalized spacial score (nSPS) is 21.2. The van der Waals surface area contributed by atoms with Gasteiger partial charge in [-0.05, 0) is 66.6 Å². The van der Waals surface area contributed by atoms with Gasteiger partial charge in [-0.2, -0.15) is 10.2 Å². The molecule has 4 aromatic rings. The second-order valence-corrected chi connectivity index (χ2v) is 9.32. The molecule has 5 nitrogen and oxygen atoms in total. The van der Waals surface area contributed by atoms with Crippen LogP contribution in [0.2, 0.25) is 0 Å². The van der Waals surface area contributed by atoms with Crippen LogP contribution in [0.25, 0.3) is 22.6 Å². The molecule has 3 aromatic heterocycles. The van der Waals surface area contributed by atoms with Crippen LogP contribution in [-0.2, 0) is 5.41 Å². The molecule has 5 rings (SSSR count). The van der Waals surface area contributed by atoms with E-state index in [2.05, 4.69) is 48.1 Å². The van der Waals surface area contributed by atoms with Gasteiger partial charge in [0.1, 0.15) is 11.6 Å². The standard InChI is InChI=1S/C26H25F2N5/c1-5-16-15-14-21(23-17(27)8-6-9-18(23)28)32-33-24(15)26(4,25(16,2)3)22-11-7-10-19(30-22)20-12-13-29-31-20/h6-14,16H,5H2,1-4H3,(H,29,31)/t16-,26-/m0/s1. The number of nitrogens with zero attached hydrogens (tertiary/aromatic N) is 4. The van der Waals surface area contributed by atoms with Crippen molar-refractivity contribution in [3.63, 3.8) is 0 Å². The van der Waals surface area contributed by atoms with Crippen molar-refractivity contribution < 1.29 is 8.78 Å². The number of aromatic nitrogens is 5. The van der Waals surface area contributed by atoms with Gasteiger partial charge in [0, 0.05) is 6.20 Å². The van der Waals surface area contributed by atoms with E-state index in [0.717, 1.165) is 34.8 Å². The van der Waals surface area contributed by atoms with Crippen molar-refractivity contribution in [2.75, 3.05) is 0 Å². The lowest BCUT2D eigenvalue weighted by atomic mass is 9.62. The smallest absolute Gasteiger partial charge is 0.135 e. The zero-order chi connectivity index (χ0) is 23.4. The lowest BCUT2D eigenvalue weighted by Gasteiger charge is -2.41. The number of benzene rings is 1. The van der Waals surface area contributed by atoms with E-state index in [9.17, 15) is 8.78 Å². The van der Waals surface area contributed by atoms with Crippen molar-refractivity contribution in [1.29, 1.82) is 0 Å². The highest BCUT2D eigenvalue weighted by Gasteiger charge is 2.57. The monoisotopic (exact) mass is 445 g/mol. The number of H-pyrrole nitrogens is 1. The predicted molar refractivity (Wildman–Crippen MR) is 122 cm³/mol. The van der Waals surface area contributed by atoms with Crippen molar-refractivity contribution in [2.24, 2.45) is 5.41 Å². The van der Waals surface area contributed by atoms with Crippen LogP contribution in [0.4, 0.5) is 8.78 Å². The number of rotatable bonds is 4. The molecule has 0 saturated heterocycles. The Morgan fingerprint density at radius 2 is 1.67 bits per heavy atom. The molecule has 0 fully saturated rings. The van der Waals surface area contributed by atoms with E-state index in [-0.39, 0.29) is 22.6 Å². The summed E-state index contributed by atoms with van der Waals surface area (Å²) >= 11 is 0. The fourth-order valence-electron chi connectivity index (χ4n) is 5.41. The summed E-state index contributed by atoms with van der Waals surface area (Å²) in [4.78, 5) is 4.98. The Labute approximate surface area is 191 Å². The topological polar surface area (TPSA) is 67.3 Å².